The molecule has 0 aliphatic carbocycles. The summed E-state index contributed by atoms with van der Waals surface area (Å²) in [5.74, 6) is 1.38. The number of nitrogens with zero attached hydrogens (tertiary/aromatic N) is 4. The third kappa shape index (κ3) is 1.93. The van der Waals surface area contributed by atoms with E-state index in [9.17, 15) is 5.11 Å². The van der Waals surface area contributed by atoms with Crippen molar-refractivity contribution in [3.63, 3.8) is 0 Å². The summed E-state index contributed by atoms with van der Waals surface area (Å²) >= 11 is 0. The minimum atomic E-state index is -0.0870. The first kappa shape index (κ1) is 12.6. The van der Waals surface area contributed by atoms with Crippen molar-refractivity contribution in [2.75, 3.05) is 6.61 Å². The third-order valence-corrected chi connectivity index (χ3v) is 4.01. The molecule has 3 rings (SSSR count). The third-order valence-electron chi connectivity index (χ3n) is 4.01. The van der Waals surface area contributed by atoms with Crippen molar-refractivity contribution in [2.45, 2.75) is 44.6 Å². The van der Waals surface area contributed by atoms with Crippen LogP contribution in [0.5, 0.6) is 0 Å². The van der Waals surface area contributed by atoms with E-state index in [0.717, 1.165) is 6.42 Å². The number of aliphatic hydroxyl groups excluding tert-OH is 1. The lowest BCUT2D eigenvalue weighted by Crippen LogP contribution is -2.49. The first-order chi connectivity index (χ1) is 9.11. The fourth-order valence-corrected chi connectivity index (χ4v) is 3.10. The van der Waals surface area contributed by atoms with Gasteiger partial charge in [0.25, 0.3) is 0 Å². The molecule has 3 aliphatic heterocycles. The molecule has 5 unspecified atom stereocenters. The number of amidine groups is 2. The van der Waals surface area contributed by atoms with Gasteiger partial charge in [-0.3, -0.25) is 4.99 Å². The zero-order valence-electron chi connectivity index (χ0n) is 11.1. The van der Waals surface area contributed by atoms with Gasteiger partial charge in [0.15, 0.2) is 11.7 Å². The highest BCUT2D eigenvalue weighted by Crippen LogP contribution is 2.35. The smallest absolute Gasteiger partial charge is 0.188 e. The molecule has 0 saturated carbocycles. The number of aliphatic hydroxyl groups is 1. The SMILES string of the molecule is CC1CC(CO)OC1C1C(C)N=C2C(N)=NC=NN21. The maximum Gasteiger partial charge on any atom is 0.188 e. The zero-order valence-corrected chi connectivity index (χ0v) is 11.1. The van der Waals surface area contributed by atoms with Crippen LogP contribution in [-0.2, 0) is 4.74 Å². The van der Waals surface area contributed by atoms with Crippen LogP contribution < -0.4 is 5.73 Å². The van der Waals surface area contributed by atoms with Crippen LogP contribution in [0, 0.1) is 5.92 Å². The maximum atomic E-state index is 9.25. The number of hydrogen-bond acceptors (Lipinski definition) is 7. The normalized spacial score (nSPS) is 41.2. The van der Waals surface area contributed by atoms with Crippen LogP contribution in [0.3, 0.4) is 0 Å². The van der Waals surface area contributed by atoms with E-state index in [0.29, 0.717) is 17.6 Å². The summed E-state index contributed by atoms with van der Waals surface area (Å²) in [5.41, 5.74) is 5.84. The Morgan fingerprint density at radius 1 is 1.53 bits per heavy atom. The molecule has 3 heterocycles. The van der Waals surface area contributed by atoms with Crippen LogP contribution in [0.4, 0.5) is 0 Å². The number of hydrazone groups is 1. The van der Waals surface area contributed by atoms with Crippen LogP contribution in [0.15, 0.2) is 15.1 Å². The minimum Gasteiger partial charge on any atom is -0.394 e. The van der Waals surface area contributed by atoms with Crippen molar-refractivity contribution < 1.29 is 9.84 Å². The van der Waals surface area contributed by atoms with Gasteiger partial charge in [-0.1, -0.05) is 6.92 Å². The van der Waals surface area contributed by atoms with Crippen LogP contribution in [0.25, 0.3) is 0 Å². The maximum absolute atomic E-state index is 9.25. The Hall–Kier alpha value is -1.47. The van der Waals surface area contributed by atoms with Crippen molar-refractivity contribution in [3.8, 4) is 0 Å². The van der Waals surface area contributed by atoms with Gasteiger partial charge in [-0.2, -0.15) is 5.10 Å². The predicted molar refractivity (Wildman–Crippen MR) is 72.2 cm³/mol. The Morgan fingerprint density at radius 3 is 3.00 bits per heavy atom. The van der Waals surface area contributed by atoms with Gasteiger partial charge in [0.1, 0.15) is 12.4 Å². The molecule has 3 N–H and O–H groups in total. The number of hydrogen-bond donors (Lipinski definition) is 2. The molecule has 0 radical (unpaired) electrons. The lowest BCUT2D eigenvalue weighted by molar-refractivity contribution is -0.0271. The van der Waals surface area contributed by atoms with E-state index in [4.69, 9.17) is 10.5 Å². The van der Waals surface area contributed by atoms with E-state index in [2.05, 4.69) is 22.0 Å². The summed E-state index contributed by atoms with van der Waals surface area (Å²) in [6.45, 7) is 4.22. The van der Waals surface area contributed by atoms with Crippen molar-refractivity contribution in [1.82, 2.24) is 5.01 Å². The molecule has 5 atom stereocenters. The second-order valence-electron chi connectivity index (χ2n) is 5.39. The predicted octanol–water partition coefficient (Wildman–Crippen LogP) is -0.442. The number of rotatable bonds is 2. The van der Waals surface area contributed by atoms with Gasteiger partial charge in [0.2, 0.25) is 0 Å². The Kier molecular flexibility index (Phi) is 3.02. The summed E-state index contributed by atoms with van der Waals surface area (Å²) in [6, 6.07) is 0.0655. The Bertz CT molecular complexity index is 461. The van der Waals surface area contributed by atoms with E-state index >= 15 is 0 Å². The van der Waals surface area contributed by atoms with E-state index < -0.39 is 0 Å². The molecular formula is C12H19N5O2. The molecule has 1 saturated heterocycles. The van der Waals surface area contributed by atoms with Gasteiger partial charge in [-0.25, -0.2) is 10.0 Å². The molecule has 0 aromatic carbocycles. The first-order valence-corrected chi connectivity index (χ1v) is 6.61. The van der Waals surface area contributed by atoms with E-state index in [1.54, 1.807) is 0 Å². The molecule has 7 nitrogen and oxygen atoms in total. The van der Waals surface area contributed by atoms with Crippen LogP contribution in [0.1, 0.15) is 20.3 Å². The Balaban J connectivity index is 1.83. The van der Waals surface area contributed by atoms with Gasteiger partial charge in [0.05, 0.1) is 24.9 Å². The summed E-state index contributed by atoms with van der Waals surface area (Å²) < 4.78 is 5.94. The van der Waals surface area contributed by atoms with Crippen molar-refractivity contribution in [3.05, 3.63) is 0 Å². The van der Waals surface area contributed by atoms with E-state index in [1.165, 1.54) is 6.34 Å². The number of ether oxygens (including phenoxy) is 1. The van der Waals surface area contributed by atoms with Crippen molar-refractivity contribution in [2.24, 2.45) is 26.7 Å². The lowest BCUT2D eigenvalue weighted by Gasteiger charge is -2.32. The summed E-state index contributed by atoms with van der Waals surface area (Å²) in [6.07, 6.45) is 2.22. The van der Waals surface area contributed by atoms with Crippen LogP contribution >= 0.6 is 0 Å². The molecule has 19 heavy (non-hydrogen) atoms. The monoisotopic (exact) mass is 265 g/mol. The topological polar surface area (TPSA) is 95.8 Å². The van der Waals surface area contributed by atoms with Crippen LogP contribution in [0.2, 0.25) is 0 Å². The number of nitrogens with two attached hydrogens (primary N) is 1. The molecular weight excluding hydrogens is 246 g/mol. The average Bonchev–Trinajstić information content (AvgIpc) is 2.90. The van der Waals surface area contributed by atoms with Crippen molar-refractivity contribution in [1.29, 1.82) is 0 Å². The second-order valence-corrected chi connectivity index (χ2v) is 5.39. The molecule has 0 bridgehead atoms. The largest absolute Gasteiger partial charge is 0.394 e. The summed E-state index contributed by atoms with van der Waals surface area (Å²) in [5, 5.41) is 15.3. The Morgan fingerprint density at radius 2 is 2.32 bits per heavy atom. The summed E-state index contributed by atoms with van der Waals surface area (Å²) in [4.78, 5) is 8.50. The van der Waals surface area contributed by atoms with Gasteiger partial charge >= 0.3 is 0 Å². The van der Waals surface area contributed by atoms with Crippen LogP contribution in [-0.4, -0.2) is 59.0 Å². The highest BCUT2D eigenvalue weighted by Gasteiger charge is 2.47. The lowest BCUT2D eigenvalue weighted by atomic mass is 9.93. The highest BCUT2D eigenvalue weighted by atomic mass is 16.5. The minimum absolute atomic E-state index is 0.00329. The number of fused-ring (bicyclic) bond motifs is 1. The van der Waals surface area contributed by atoms with E-state index in [-0.39, 0.29) is 30.9 Å². The molecule has 7 heteroatoms. The highest BCUT2D eigenvalue weighted by molar-refractivity contribution is 6.42. The van der Waals surface area contributed by atoms with Gasteiger partial charge in [0, 0.05) is 0 Å². The molecule has 0 amide bonds. The first-order valence-electron chi connectivity index (χ1n) is 6.61. The second kappa shape index (κ2) is 4.57. The number of aliphatic imine (C=N–C) groups is 2. The van der Waals surface area contributed by atoms with Gasteiger partial charge in [-0.15, -0.1) is 0 Å². The molecule has 1 fully saturated rings. The average molecular weight is 265 g/mol. The van der Waals surface area contributed by atoms with Gasteiger partial charge in [-0.05, 0) is 19.3 Å². The molecule has 3 aliphatic rings. The molecule has 0 spiro atoms. The quantitative estimate of drug-likeness (QED) is 0.707. The molecule has 104 valence electrons. The van der Waals surface area contributed by atoms with E-state index in [1.807, 2.05) is 11.9 Å². The van der Waals surface area contributed by atoms with Gasteiger partial charge < -0.3 is 15.6 Å². The Labute approximate surface area is 111 Å². The molecule has 0 aromatic heterocycles. The summed E-state index contributed by atoms with van der Waals surface area (Å²) in [7, 11) is 0. The fraction of sp³-hybridized carbons (Fsp3) is 0.750. The zero-order chi connectivity index (χ0) is 13.6. The fourth-order valence-electron chi connectivity index (χ4n) is 3.10. The molecule has 0 aromatic rings. The standard InChI is InChI=1S/C12H19N5O2/c1-6-3-8(4-18)19-10(6)9-7(2)16-12-11(13)14-5-15-17(9)12/h5-10,18H,3-4H2,1-2H3,(H2,13,14,15). The van der Waals surface area contributed by atoms with Crippen molar-refractivity contribution >= 4 is 18.0 Å².